The Kier molecular flexibility index (Phi) is 5.60. The summed E-state index contributed by atoms with van der Waals surface area (Å²) in [7, 11) is 0. The average Bonchev–Trinajstić information content (AvgIpc) is 3.11. The number of primary amides is 1. The van der Waals surface area contributed by atoms with Crippen molar-refractivity contribution >= 4 is 23.2 Å². The van der Waals surface area contributed by atoms with Gasteiger partial charge in [-0.15, -0.1) is 11.3 Å². The molecule has 6 nitrogen and oxygen atoms in total. The van der Waals surface area contributed by atoms with Crippen LogP contribution in [0.25, 0.3) is 0 Å². The zero-order chi connectivity index (χ0) is 15.9. The number of nitrogens with two attached hydrogens (primary N) is 1. The molecular formula is C15H20N4O2S. The Hall–Kier alpha value is -2.28. The van der Waals surface area contributed by atoms with Gasteiger partial charge in [0, 0.05) is 16.3 Å². The molecule has 2 aromatic rings. The van der Waals surface area contributed by atoms with Gasteiger partial charge in [-0.05, 0) is 38.1 Å². The van der Waals surface area contributed by atoms with Crippen LogP contribution in [0.1, 0.15) is 33.0 Å². The fourth-order valence-corrected chi connectivity index (χ4v) is 2.68. The number of guanidine groups is 1. The minimum atomic E-state index is -0.576. The zero-order valence-electron chi connectivity index (χ0n) is 12.7. The summed E-state index contributed by atoms with van der Waals surface area (Å²) in [6.07, 6.45) is 0. The fourth-order valence-electron chi connectivity index (χ4n) is 1.85. The predicted molar refractivity (Wildman–Crippen MR) is 87.9 cm³/mol. The van der Waals surface area contributed by atoms with E-state index in [4.69, 9.17) is 10.2 Å². The van der Waals surface area contributed by atoms with E-state index in [9.17, 15) is 4.79 Å². The second kappa shape index (κ2) is 7.65. The summed E-state index contributed by atoms with van der Waals surface area (Å²) >= 11 is 1.75. The second-order valence-electron chi connectivity index (χ2n) is 4.69. The van der Waals surface area contributed by atoms with E-state index in [-0.39, 0.29) is 5.76 Å². The van der Waals surface area contributed by atoms with Crippen molar-refractivity contribution in [1.29, 1.82) is 0 Å². The predicted octanol–water partition coefficient (Wildman–Crippen LogP) is 2.00. The summed E-state index contributed by atoms with van der Waals surface area (Å²) in [4.78, 5) is 17.9. The number of hydrogen-bond donors (Lipinski definition) is 3. The van der Waals surface area contributed by atoms with Gasteiger partial charge in [-0.1, -0.05) is 0 Å². The number of carbonyl (C=O) groups excluding carboxylic acids is 1. The monoisotopic (exact) mass is 320 g/mol. The van der Waals surface area contributed by atoms with Gasteiger partial charge in [0.15, 0.2) is 11.7 Å². The lowest BCUT2D eigenvalue weighted by atomic mass is 10.4. The summed E-state index contributed by atoms with van der Waals surface area (Å²) in [6.45, 7) is 5.91. The van der Waals surface area contributed by atoms with Gasteiger partial charge >= 0.3 is 0 Å². The molecule has 4 N–H and O–H groups in total. The molecule has 1 amide bonds. The number of nitrogens with zero attached hydrogens (tertiary/aromatic N) is 1. The Bertz CT molecular complexity index is 660. The van der Waals surface area contributed by atoms with E-state index in [2.05, 4.69) is 34.7 Å². The molecule has 0 fully saturated rings. The van der Waals surface area contributed by atoms with Crippen LogP contribution in [-0.2, 0) is 13.1 Å². The molecule has 2 aromatic heterocycles. The van der Waals surface area contributed by atoms with Crippen molar-refractivity contribution in [2.45, 2.75) is 26.9 Å². The molecule has 0 aliphatic rings. The Labute approximate surface area is 133 Å². The molecule has 0 saturated carbocycles. The van der Waals surface area contributed by atoms with Crippen molar-refractivity contribution < 1.29 is 9.21 Å². The Balaban J connectivity index is 1.95. The second-order valence-corrected chi connectivity index (χ2v) is 6.06. The molecule has 0 unspecified atom stereocenters. The average molecular weight is 320 g/mol. The normalized spacial score (nSPS) is 11.5. The van der Waals surface area contributed by atoms with Crippen molar-refractivity contribution in [3.05, 3.63) is 45.5 Å². The van der Waals surface area contributed by atoms with Crippen LogP contribution in [0, 0.1) is 6.92 Å². The highest BCUT2D eigenvalue weighted by molar-refractivity contribution is 7.11. The summed E-state index contributed by atoms with van der Waals surface area (Å²) in [5.41, 5.74) is 5.15. The van der Waals surface area contributed by atoms with Gasteiger partial charge in [-0.2, -0.15) is 0 Å². The summed E-state index contributed by atoms with van der Waals surface area (Å²) < 4.78 is 5.30. The summed E-state index contributed by atoms with van der Waals surface area (Å²) in [6, 6.07) is 7.46. The van der Waals surface area contributed by atoms with Crippen LogP contribution in [0.5, 0.6) is 0 Å². The van der Waals surface area contributed by atoms with Gasteiger partial charge in [0.25, 0.3) is 5.91 Å². The first-order valence-corrected chi connectivity index (χ1v) is 7.86. The Morgan fingerprint density at radius 1 is 1.32 bits per heavy atom. The number of furan rings is 1. The van der Waals surface area contributed by atoms with Gasteiger partial charge in [0.2, 0.25) is 0 Å². The van der Waals surface area contributed by atoms with E-state index in [1.54, 1.807) is 23.5 Å². The van der Waals surface area contributed by atoms with E-state index >= 15 is 0 Å². The third-order valence-electron chi connectivity index (χ3n) is 2.87. The van der Waals surface area contributed by atoms with Gasteiger partial charge < -0.3 is 20.8 Å². The largest absolute Gasteiger partial charge is 0.454 e. The number of nitrogens with one attached hydrogen (secondary N) is 2. The summed E-state index contributed by atoms with van der Waals surface area (Å²) in [5.74, 6) is 0.870. The van der Waals surface area contributed by atoms with E-state index in [1.807, 2.05) is 6.92 Å². The van der Waals surface area contributed by atoms with E-state index in [0.29, 0.717) is 18.3 Å². The van der Waals surface area contributed by atoms with Crippen LogP contribution < -0.4 is 16.4 Å². The lowest BCUT2D eigenvalue weighted by molar-refractivity contribution is 0.0972. The molecule has 0 aromatic carbocycles. The number of hydrogen-bond acceptors (Lipinski definition) is 4. The van der Waals surface area contributed by atoms with Gasteiger partial charge in [-0.25, -0.2) is 4.99 Å². The third-order valence-corrected chi connectivity index (χ3v) is 3.87. The highest BCUT2D eigenvalue weighted by Gasteiger charge is 2.07. The molecule has 118 valence electrons. The molecule has 2 heterocycles. The lowest BCUT2D eigenvalue weighted by Crippen LogP contribution is -2.36. The molecule has 0 aliphatic carbocycles. The maximum Gasteiger partial charge on any atom is 0.284 e. The first-order valence-electron chi connectivity index (χ1n) is 7.04. The number of aliphatic imine (C=N–C) groups is 1. The highest BCUT2D eigenvalue weighted by atomic mass is 32.1. The van der Waals surface area contributed by atoms with Crippen LogP contribution in [0.15, 0.2) is 33.7 Å². The molecule has 7 heteroatoms. The van der Waals surface area contributed by atoms with Crippen molar-refractivity contribution in [3.8, 4) is 0 Å². The molecule has 2 rings (SSSR count). The molecule has 0 radical (unpaired) electrons. The van der Waals surface area contributed by atoms with Crippen molar-refractivity contribution in [2.75, 3.05) is 6.54 Å². The first kappa shape index (κ1) is 16.1. The molecule has 0 saturated heterocycles. The van der Waals surface area contributed by atoms with E-state index in [1.165, 1.54) is 9.75 Å². The van der Waals surface area contributed by atoms with Crippen molar-refractivity contribution in [3.63, 3.8) is 0 Å². The number of aryl methyl sites for hydroxylation is 1. The Morgan fingerprint density at radius 2 is 2.14 bits per heavy atom. The topological polar surface area (TPSA) is 92.6 Å². The standard InChI is InChI=1S/C15H20N4O2S/c1-3-17-15(19-9-12-6-4-10(2)22-12)18-8-11-5-7-13(21-11)14(16)20/h4-7H,3,8-9H2,1-2H3,(H2,16,20)(H2,17,18,19). The molecule has 22 heavy (non-hydrogen) atoms. The molecule has 0 spiro atoms. The first-order chi connectivity index (χ1) is 10.6. The third kappa shape index (κ3) is 4.63. The van der Waals surface area contributed by atoms with Crippen LogP contribution in [0.3, 0.4) is 0 Å². The summed E-state index contributed by atoms with van der Waals surface area (Å²) in [5, 5.41) is 6.44. The van der Waals surface area contributed by atoms with Crippen molar-refractivity contribution in [1.82, 2.24) is 10.6 Å². The quantitative estimate of drug-likeness (QED) is 0.561. The molecule has 0 bridgehead atoms. The maximum atomic E-state index is 11.0. The SMILES string of the molecule is CCNC(=NCc1ccc(C(N)=O)o1)NCc1ccc(C)s1. The van der Waals surface area contributed by atoms with Crippen molar-refractivity contribution in [2.24, 2.45) is 10.7 Å². The molecule has 0 atom stereocenters. The van der Waals surface area contributed by atoms with E-state index < -0.39 is 5.91 Å². The maximum absolute atomic E-state index is 11.0. The van der Waals surface area contributed by atoms with Crippen LogP contribution in [0.4, 0.5) is 0 Å². The Morgan fingerprint density at radius 3 is 2.73 bits per heavy atom. The minimum Gasteiger partial charge on any atom is -0.454 e. The number of amides is 1. The van der Waals surface area contributed by atoms with E-state index in [0.717, 1.165) is 13.1 Å². The molecular weight excluding hydrogens is 300 g/mol. The fraction of sp³-hybridized carbons (Fsp3) is 0.333. The smallest absolute Gasteiger partial charge is 0.284 e. The lowest BCUT2D eigenvalue weighted by Gasteiger charge is -2.09. The van der Waals surface area contributed by atoms with Crippen LogP contribution in [-0.4, -0.2) is 18.4 Å². The number of carbonyl (C=O) groups is 1. The number of rotatable bonds is 6. The zero-order valence-corrected chi connectivity index (χ0v) is 13.5. The minimum absolute atomic E-state index is 0.150. The van der Waals surface area contributed by atoms with Crippen LogP contribution >= 0.6 is 11.3 Å². The van der Waals surface area contributed by atoms with Gasteiger partial charge in [0.1, 0.15) is 12.3 Å². The van der Waals surface area contributed by atoms with Crippen LogP contribution in [0.2, 0.25) is 0 Å². The molecule has 0 aliphatic heterocycles. The number of thiophene rings is 1. The van der Waals surface area contributed by atoms with Gasteiger partial charge in [0.05, 0.1) is 6.54 Å². The highest BCUT2D eigenvalue weighted by Crippen LogP contribution is 2.14. The van der Waals surface area contributed by atoms with Gasteiger partial charge in [-0.3, -0.25) is 4.79 Å².